The Morgan fingerprint density at radius 1 is 1.00 bits per heavy atom. The van der Waals surface area contributed by atoms with Gasteiger partial charge in [-0.15, -0.1) is 0 Å². The highest BCUT2D eigenvalue weighted by molar-refractivity contribution is 5.68. The molecule has 2 aromatic carbocycles. The number of carbonyl (C=O) groups excluding carboxylic acids is 1. The SMILES string of the molecule is O=C(OCc1ccccc1)N1CCN(c2cccc(O)c2)CC1. The second-order valence-electron chi connectivity index (χ2n) is 5.53. The van der Waals surface area contributed by atoms with E-state index in [1.54, 1.807) is 17.0 Å². The molecule has 0 aromatic heterocycles. The molecular weight excluding hydrogens is 292 g/mol. The van der Waals surface area contributed by atoms with Gasteiger partial charge in [-0.3, -0.25) is 0 Å². The number of rotatable bonds is 3. The van der Waals surface area contributed by atoms with Crippen LogP contribution in [0.4, 0.5) is 10.5 Å². The van der Waals surface area contributed by atoms with E-state index in [4.69, 9.17) is 4.74 Å². The van der Waals surface area contributed by atoms with E-state index < -0.39 is 0 Å². The zero-order valence-corrected chi connectivity index (χ0v) is 12.9. The summed E-state index contributed by atoms with van der Waals surface area (Å²) < 4.78 is 5.36. The molecule has 1 aliphatic heterocycles. The molecular formula is C18H20N2O3. The molecule has 5 heteroatoms. The lowest BCUT2D eigenvalue weighted by Crippen LogP contribution is -2.48. The lowest BCUT2D eigenvalue weighted by Gasteiger charge is -2.35. The summed E-state index contributed by atoms with van der Waals surface area (Å²) in [6.07, 6.45) is -0.274. The van der Waals surface area contributed by atoms with Gasteiger partial charge in [0.1, 0.15) is 12.4 Å². The third kappa shape index (κ3) is 3.94. The summed E-state index contributed by atoms with van der Waals surface area (Å²) in [6, 6.07) is 16.8. The maximum atomic E-state index is 12.1. The number of phenols is 1. The van der Waals surface area contributed by atoms with E-state index in [0.717, 1.165) is 24.3 Å². The van der Waals surface area contributed by atoms with Crippen LogP contribution >= 0.6 is 0 Å². The van der Waals surface area contributed by atoms with E-state index in [1.807, 2.05) is 42.5 Å². The van der Waals surface area contributed by atoms with Crippen LogP contribution in [0, 0.1) is 0 Å². The van der Waals surface area contributed by atoms with Crippen LogP contribution in [-0.4, -0.2) is 42.3 Å². The van der Waals surface area contributed by atoms with E-state index in [1.165, 1.54) is 0 Å². The van der Waals surface area contributed by atoms with Gasteiger partial charge in [0.05, 0.1) is 0 Å². The molecule has 2 aromatic rings. The van der Waals surface area contributed by atoms with Crippen molar-refractivity contribution in [1.29, 1.82) is 0 Å². The lowest BCUT2D eigenvalue weighted by atomic mass is 10.2. The Bertz CT molecular complexity index is 652. The number of piperazine rings is 1. The van der Waals surface area contributed by atoms with Crippen LogP contribution in [0.2, 0.25) is 0 Å². The molecule has 0 aliphatic carbocycles. The number of benzene rings is 2. The zero-order valence-electron chi connectivity index (χ0n) is 12.9. The first kappa shape index (κ1) is 15.2. The molecule has 0 saturated carbocycles. The minimum atomic E-state index is -0.274. The molecule has 1 fully saturated rings. The van der Waals surface area contributed by atoms with Crippen LogP contribution in [0.15, 0.2) is 54.6 Å². The first-order chi connectivity index (χ1) is 11.2. The van der Waals surface area contributed by atoms with Gasteiger partial charge >= 0.3 is 6.09 Å². The van der Waals surface area contributed by atoms with Crippen molar-refractivity contribution in [3.05, 3.63) is 60.2 Å². The highest BCUT2D eigenvalue weighted by Gasteiger charge is 2.22. The molecule has 0 atom stereocenters. The Morgan fingerprint density at radius 3 is 2.43 bits per heavy atom. The van der Waals surface area contributed by atoms with Gasteiger partial charge in [-0.25, -0.2) is 4.79 Å². The van der Waals surface area contributed by atoms with Gasteiger partial charge in [0.2, 0.25) is 0 Å². The molecule has 1 heterocycles. The van der Waals surface area contributed by atoms with E-state index in [9.17, 15) is 9.90 Å². The fourth-order valence-electron chi connectivity index (χ4n) is 2.65. The summed E-state index contributed by atoms with van der Waals surface area (Å²) in [5.41, 5.74) is 1.96. The predicted molar refractivity (Wildman–Crippen MR) is 88.5 cm³/mol. The Balaban J connectivity index is 1.49. The fraction of sp³-hybridized carbons (Fsp3) is 0.278. The highest BCUT2D eigenvalue weighted by Crippen LogP contribution is 2.21. The van der Waals surface area contributed by atoms with Gasteiger partial charge in [-0.1, -0.05) is 36.4 Å². The molecule has 120 valence electrons. The second kappa shape index (κ2) is 7.05. The van der Waals surface area contributed by atoms with Crippen LogP contribution in [0.25, 0.3) is 0 Å². The second-order valence-corrected chi connectivity index (χ2v) is 5.53. The zero-order chi connectivity index (χ0) is 16.1. The molecule has 1 saturated heterocycles. The highest BCUT2D eigenvalue weighted by atomic mass is 16.6. The van der Waals surface area contributed by atoms with Gasteiger partial charge < -0.3 is 19.6 Å². The number of phenolic OH excluding ortho intramolecular Hbond substituents is 1. The van der Waals surface area contributed by atoms with Crippen molar-refractivity contribution in [3.63, 3.8) is 0 Å². The van der Waals surface area contributed by atoms with Crippen molar-refractivity contribution in [3.8, 4) is 5.75 Å². The number of amides is 1. The molecule has 0 bridgehead atoms. The maximum Gasteiger partial charge on any atom is 0.410 e. The first-order valence-corrected chi connectivity index (χ1v) is 7.72. The molecule has 0 unspecified atom stereocenters. The maximum absolute atomic E-state index is 12.1. The van der Waals surface area contributed by atoms with Crippen molar-refractivity contribution < 1.29 is 14.6 Å². The van der Waals surface area contributed by atoms with E-state index >= 15 is 0 Å². The van der Waals surface area contributed by atoms with E-state index in [2.05, 4.69) is 4.90 Å². The summed E-state index contributed by atoms with van der Waals surface area (Å²) >= 11 is 0. The van der Waals surface area contributed by atoms with Gasteiger partial charge in [-0.2, -0.15) is 0 Å². The quantitative estimate of drug-likeness (QED) is 0.947. The van der Waals surface area contributed by atoms with Crippen molar-refractivity contribution in [1.82, 2.24) is 4.90 Å². The van der Waals surface area contributed by atoms with Crippen LogP contribution in [0.5, 0.6) is 5.75 Å². The van der Waals surface area contributed by atoms with Crippen molar-refractivity contribution in [2.75, 3.05) is 31.1 Å². The number of nitrogens with zero attached hydrogens (tertiary/aromatic N) is 2. The third-order valence-corrected chi connectivity index (χ3v) is 3.94. The Morgan fingerprint density at radius 2 is 1.74 bits per heavy atom. The van der Waals surface area contributed by atoms with Crippen molar-refractivity contribution in [2.45, 2.75) is 6.61 Å². The van der Waals surface area contributed by atoms with Gasteiger partial charge in [0.25, 0.3) is 0 Å². The van der Waals surface area contributed by atoms with Gasteiger partial charge in [0.15, 0.2) is 0 Å². The normalized spacial score (nSPS) is 14.6. The number of anilines is 1. The summed E-state index contributed by atoms with van der Waals surface area (Å²) in [7, 11) is 0. The number of aromatic hydroxyl groups is 1. The van der Waals surface area contributed by atoms with Gasteiger partial charge in [-0.05, 0) is 17.7 Å². The molecule has 1 amide bonds. The molecule has 23 heavy (non-hydrogen) atoms. The Labute approximate surface area is 135 Å². The molecule has 1 aliphatic rings. The summed E-state index contributed by atoms with van der Waals surface area (Å²) in [5, 5.41) is 9.55. The van der Waals surface area contributed by atoms with E-state index in [-0.39, 0.29) is 11.8 Å². The Hall–Kier alpha value is -2.69. The van der Waals surface area contributed by atoms with Crippen molar-refractivity contribution in [2.24, 2.45) is 0 Å². The standard InChI is InChI=1S/C18H20N2O3/c21-17-8-4-7-16(13-17)19-9-11-20(12-10-19)18(22)23-14-15-5-2-1-3-6-15/h1-8,13,21H,9-12,14H2. The van der Waals surface area contributed by atoms with Crippen LogP contribution in [-0.2, 0) is 11.3 Å². The molecule has 0 spiro atoms. The van der Waals surface area contributed by atoms with Gasteiger partial charge in [0, 0.05) is 37.9 Å². The van der Waals surface area contributed by atoms with Crippen LogP contribution in [0.3, 0.4) is 0 Å². The topological polar surface area (TPSA) is 53.0 Å². The average molecular weight is 312 g/mol. The molecule has 1 N–H and O–H groups in total. The molecule has 3 rings (SSSR count). The fourth-order valence-corrected chi connectivity index (χ4v) is 2.65. The minimum absolute atomic E-state index is 0.257. The number of hydrogen-bond donors (Lipinski definition) is 1. The summed E-state index contributed by atoms with van der Waals surface area (Å²) in [5.74, 6) is 0.257. The predicted octanol–water partition coefficient (Wildman–Crippen LogP) is 2.85. The number of carbonyl (C=O) groups is 1. The monoisotopic (exact) mass is 312 g/mol. The third-order valence-electron chi connectivity index (χ3n) is 3.94. The molecule has 5 nitrogen and oxygen atoms in total. The number of ether oxygens (including phenoxy) is 1. The minimum Gasteiger partial charge on any atom is -0.508 e. The van der Waals surface area contributed by atoms with Crippen molar-refractivity contribution >= 4 is 11.8 Å². The summed E-state index contributed by atoms with van der Waals surface area (Å²) in [4.78, 5) is 16.0. The number of hydrogen-bond acceptors (Lipinski definition) is 4. The largest absolute Gasteiger partial charge is 0.508 e. The first-order valence-electron chi connectivity index (χ1n) is 7.72. The smallest absolute Gasteiger partial charge is 0.410 e. The average Bonchev–Trinajstić information content (AvgIpc) is 2.61. The van der Waals surface area contributed by atoms with Crippen LogP contribution in [0.1, 0.15) is 5.56 Å². The van der Waals surface area contributed by atoms with E-state index in [0.29, 0.717) is 19.7 Å². The summed E-state index contributed by atoms with van der Waals surface area (Å²) in [6.45, 7) is 2.98. The Kier molecular flexibility index (Phi) is 4.66. The van der Waals surface area contributed by atoms with Crippen LogP contribution < -0.4 is 4.90 Å². The lowest BCUT2D eigenvalue weighted by molar-refractivity contribution is 0.0942. The molecule has 0 radical (unpaired) electrons.